The molecule has 1 aliphatic carbocycles. The minimum Gasteiger partial charge on any atom is -0.214 e. The van der Waals surface area contributed by atoms with Gasteiger partial charge in [0.1, 0.15) is 0 Å². The predicted octanol–water partition coefficient (Wildman–Crippen LogP) is 2.45. The van der Waals surface area contributed by atoms with Crippen molar-refractivity contribution >= 4 is 3.71 Å². The smallest absolute Gasteiger partial charge is 0.172 e. The molecule has 0 heterocycles. The van der Waals surface area contributed by atoms with Crippen molar-refractivity contribution in [3.05, 3.63) is 125 Å². The molecule has 1 aliphatic rings. The second-order valence-corrected chi connectivity index (χ2v) is 11.5. The molecule has 0 atom stereocenters. The van der Waals surface area contributed by atoms with Gasteiger partial charge in [-0.15, -0.1) is 11.1 Å². The maximum absolute atomic E-state index is 3.67. The Morgan fingerprint density at radius 3 is 1.83 bits per heavy atom. The van der Waals surface area contributed by atoms with E-state index in [1.165, 1.54) is 63.2 Å². The molecule has 4 aromatic carbocycles. The molecule has 0 aliphatic heterocycles. The first-order valence-electron chi connectivity index (χ1n) is 12.0. The Balaban J connectivity index is 0.000000356. The van der Waals surface area contributed by atoms with E-state index in [4.69, 9.17) is 0 Å². The molecule has 0 saturated heterocycles. The zero-order chi connectivity index (χ0) is 24.8. The van der Waals surface area contributed by atoms with Crippen LogP contribution in [0.1, 0.15) is 69.4 Å². The molecule has 188 valence electrons. The number of benzene rings is 3. The fourth-order valence-electron chi connectivity index (χ4n) is 3.90. The summed E-state index contributed by atoms with van der Waals surface area (Å²) in [6, 6.07) is 35.5. The van der Waals surface area contributed by atoms with Gasteiger partial charge in [0.2, 0.25) is 0 Å². The van der Waals surface area contributed by atoms with Crippen LogP contribution in [0.15, 0.2) is 91.0 Å². The van der Waals surface area contributed by atoms with Crippen LogP contribution in [-0.4, -0.2) is 3.71 Å². The number of rotatable bonds is 1. The van der Waals surface area contributed by atoms with Gasteiger partial charge in [-0.05, 0) is 28.4 Å². The maximum Gasteiger partial charge on any atom is -0.172 e. The summed E-state index contributed by atoms with van der Waals surface area (Å²) in [4.78, 5) is 0. The molecule has 0 radical (unpaired) electrons. The zero-order valence-electron chi connectivity index (χ0n) is 22.2. The number of halogens is 2. The Kier molecular flexibility index (Phi) is 12.9. The third-order valence-corrected chi connectivity index (χ3v) is 6.81. The molecular weight excluding hydrogens is 558 g/mol. The van der Waals surface area contributed by atoms with Crippen LogP contribution in [0.3, 0.4) is 0 Å². The van der Waals surface area contributed by atoms with Gasteiger partial charge in [-0.1, -0.05) is 65.3 Å². The van der Waals surface area contributed by atoms with Gasteiger partial charge >= 0.3 is 63.8 Å². The van der Waals surface area contributed by atoms with Crippen LogP contribution in [0.4, 0.5) is 0 Å². The molecular formula is C33H36Cl2Zr-2. The van der Waals surface area contributed by atoms with Crippen LogP contribution in [0, 0.1) is 6.07 Å². The molecule has 5 rings (SSSR count). The zero-order valence-corrected chi connectivity index (χ0v) is 26.2. The summed E-state index contributed by atoms with van der Waals surface area (Å²) in [6.45, 7) is 13.6. The molecule has 0 nitrogen and oxygen atoms in total. The third-order valence-electron chi connectivity index (χ3n) is 5.99. The molecule has 0 amide bonds. The first-order chi connectivity index (χ1) is 16.1. The van der Waals surface area contributed by atoms with Gasteiger partial charge in [0.05, 0.1) is 0 Å². The molecule has 0 N–H and O–H groups in total. The Labute approximate surface area is 246 Å². The Hall–Kier alpha value is -1.66. The first-order valence-corrected chi connectivity index (χ1v) is 13.4. The summed E-state index contributed by atoms with van der Waals surface area (Å²) < 4.78 is 2.17. The van der Waals surface area contributed by atoms with E-state index in [9.17, 15) is 0 Å². The number of fused-ring (bicyclic) bond motifs is 3. The van der Waals surface area contributed by atoms with Crippen molar-refractivity contribution in [2.24, 2.45) is 0 Å². The quantitative estimate of drug-likeness (QED) is 0.262. The van der Waals surface area contributed by atoms with Crippen molar-refractivity contribution in [2.75, 3.05) is 0 Å². The molecule has 36 heavy (non-hydrogen) atoms. The van der Waals surface area contributed by atoms with Crippen LogP contribution < -0.4 is 24.8 Å². The monoisotopic (exact) mass is 592 g/mol. The predicted molar refractivity (Wildman–Crippen MR) is 145 cm³/mol. The molecule has 0 saturated carbocycles. The fourth-order valence-corrected chi connectivity index (χ4v) is 4.37. The fraction of sp³-hybridized carbons (Fsp3) is 0.273. The molecule has 0 unspecified atom stereocenters. The SMILES string of the molecule is CC(C)(C)c1[c-]c2c(cc1)-c1ccc(C(C)(C)C)cc1C2.[Cl-].[Cl-].[Zr+2]=[CH]c1ccccc1.c1cc[cH-]c1. The van der Waals surface area contributed by atoms with Crippen molar-refractivity contribution in [2.45, 2.75) is 58.8 Å². The Morgan fingerprint density at radius 2 is 1.36 bits per heavy atom. The van der Waals surface area contributed by atoms with Gasteiger partial charge in [-0.3, -0.25) is 0 Å². The molecule has 0 aromatic heterocycles. The van der Waals surface area contributed by atoms with Crippen molar-refractivity contribution < 1.29 is 49.0 Å². The van der Waals surface area contributed by atoms with Gasteiger partial charge in [-0.2, -0.15) is 42.0 Å². The van der Waals surface area contributed by atoms with Crippen LogP contribution >= 0.6 is 0 Å². The first kappa shape index (κ1) is 32.4. The topological polar surface area (TPSA) is 0 Å². The second kappa shape index (κ2) is 14.3. The van der Waals surface area contributed by atoms with Gasteiger partial charge in [0, 0.05) is 0 Å². The van der Waals surface area contributed by atoms with Crippen molar-refractivity contribution in [1.29, 1.82) is 0 Å². The summed E-state index contributed by atoms with van der Waals surface area (Å²) in [6.07, 6.45) is 1.03. The van der Waals surface area contributed by atoms with Gasteiger partial charge in [0.25, 0.3) is 0 Å². The van der Waals surface area contributed by atoms with E-state index in [2.05, 4.69) is 106 Å². The number of hydrogen-bond donors (Lipinski definition) is 0. The molecule has 0 bridgehead atoms. The molecule has 3 heteroatoms. The second-order valence-electron chi connectivity index (χ2n) is 10.8. The molecule has 0 spiro atoms. The normalized spacial score (nSPS) is 11.2. The summed E-state index contributed by atoms with van der Waals surface area (Å²) in [5.41, 5.74) is 10.0. The van der Waals surface area contributed by atoms with Crippen molar-refractivity contribution in [3.8, 4) is 11.1 Å². The minimum absolute atomic E-state index is 0. The average molecular weight is 595 g/mol. The van der Waals surface area contributed by atoms with Crippen LogP contribution in [-0.2, 0) is 41.5 Å². The van der Waals surface area contributed by atoms with E-state index in [0.717, 1.165) is 6.42 Å². The van der Waals surface area contributed by atoms with E-state index in [1.54, 1.807) is 0 Å². The Morgan fingerprint density at radius 1 is 0.750 bits per heavy atom. The van der Waals surface area contributed by atoms with Gasteiger partial charge in [0.15, 0.2) is 0 Å². The largest absolute Gasteiger partial charge is 0.214 e. The van der Waals surface area contributed by atoms with E-state index >= 15 is 0 Å². The Bertz CT molecular complexity index is 1120. The molecule has 4 aromatic rings. The van der Waals surface area contributed by atoms with E-state index < -0.39 is 0 Å². The average Bonchev–Trinajstić information content (AvgIpc) is 3.49. The van der Waals surface area contributed by atoms with Crippen LogP contribution in [0.2, 0.25) is 0 Å². The summed E-state index contributed by atoms with van der Waals surface area (Å²) in [7, 11) is 0. The minimum atomic E-state index is 0. The number of hydrogen-bond acceptors (Lipinski definition) is 0. The van der Waals surface area contributed by atoms with Crippen LogP contribution in [0.5, 0.6) is 0 Å². The molecule has 0 fully saturated rings. The standard InChI is InChI=1S/C21H25.C7H6.C5H5.2ClH.Zr/c1-20(2,3)16-7-9-18-14(12-16)11-15-13-17(21(4,5)6)8-10-19(15)18;1-7-5-3-2-4-6-7;1-2-4-5-3-1;;;/h7-10,12H,11H2,1-6H3;1-6H;1-5H;2*1H;/q-1;;-1;;;+2/p-2. The van der Waals surface area contributed by atoms with Crippen molar-refractivity contribution in [3.63, 3.8) is 0 Å². The summed E-state index contributed by atoms with van der Waals surface area (Å²) >= 11 is 1.46. The summed E-state index contributed by atoms with van der Waals surface area (Å²) in [5, 5.41) is 0. The third kappa shape index (κ3) is 9.02. The van der Waals surface area contributed by atoms with Gasteiger partial charge in [-0.25, -0.2) is 12.1 Å². The van der Waals surface area contributed by atoms with E-state index in [1.807, 2.05) is 36.4 Å². The summed E-state index contributed by atoms with van der Waals surface area (Å²) in [5.74, 6) is 0. The van der Waals surface area contributed by atoms with Crippen molar-refractivity contribution in [1.82, 2.24) is 0 Å². The van der Waals surface area contributed by atoms with Crippen LogP contribution in [0.25, 0.3) is 11.1 Å². The van der Waals surface area contributed by atoms with E-state index in [0.29, 0.717) is 0 Å². The maximum atomic E-state index is 3.67. The van der Waals surface area contributed by atoms with E-state index in [-0.39, 0.29) is 35.6 Å². The van der Waals surface area contributed by atoms with Gasteiger partial charge < -0.3 is 24.8 Å².